The van der Waals surface area contributed by atoms with Gasteiger partial charge in [-0.25, -0.2) is 0 Å². The Kier molecular flexibility index (Phi) is 3.15. The molecule has 1 amide bonds. The summed E-state index contributed by atoms with van der Waals surface area (Å²) >= 11 is 0. The Morgan fingerprint density at radius 3 is 2.87 bits per heavy atom. The van der Waals surface area contributed by atoms with E-state index < -0.39 is 4.92 Å². The Morgan fingerprint density at radius 1 is 1.30 bits per heavy atom. The highest BCUT2D eigenvalue weighted by Gasteiger charge is 2.43. The summed E-state index contributed by atoms with van der Waals surface area (Å²) in [7, 11) is 0. The molecule has 1 aromatic rings. The normalized spacial score (nSPS) is 28.0. The number of nitrogens with zero attached hydrogens (tertiary/aromatic N) is 2. The van der Waals surface area contributed by atoms with E-state index in [1.807, 2.05) is 0 Å². The summed E-state index contributed by atoms with van der Waals surface area (Å²) < 4.78 is 10.3. The smallest absolute Gasteiger partial charge is 0.315 e. The molecule has 2 fully saturated rings. The third kappa shape index (κ3) is 2.21. The predicted octanol–water partition coefficient (Wildman–Crippen LogP) is 1.13. The first-order valence-electron chi connectivity index (χ1n) is 7.67. The standard InChI is InChI=1S/C15H17N3O5/c16-11-2-1-8-5-17(6-10(8)11)15(19)9-3-12(18(20)21)14-13(4-9)22-7-23-14/h3-4,8,10-11H,1-2,5-7,16H2. The van der Waals surface area contributed by atoms with Gasteiger partial charge in [-0.2, -0.15) is 0 Å². The largest absolute Gasteiger partial charge is 0.453 e. The molecule has 1 saturated heterocycles. The molecule has 3 aliphatic rings. The van der Waals surface area contributed by atoms with Crippen molar-refractivity contribution in [1.82, 2.24) is 4.90 Å². The van der Waals surface area contributed by atoms with Crippen LogP contribution >= 0.6 is 0 Å². The number of carbonyl (C=O) groups excluding carboxylic acids is 1. The van der Waals surface area contributed by atoms with Crippen molar-refractivity contribution in [1.29, 1.82) is 0 Å². The van der Waals surface area contributed by atoms with E-state index in [0.29, 0.717) is 24.9 Å². The summed E-state index contributed by atoms with van der Waals surface area (Å²) in [6.45, 7) is 1.21. The zero-order valence-electron chi connectivity index (χ0n) is 12.4. The number of nitro groups is 1. The summed E-state index contributed by atoms with van der Waals surface area (Å²) in [5, 5.41) is 11.2. The highest BCUT2D eigenvalue weighted by atomic mass is 16.7. The molecule has 0 bridgehead atoms. The van der Waals surface area contributed by atoms with Crippen LogP contribution in [-0.4, -0.2) is 41.7 Å². The Labute approximate surface area is 132 Å². The molecule has 0 spiro atoms. The van der Waals surface area contributed by atoms with E-state index in [1.54, 1.807) is 4.90 Å². The summed E-state index contributed by atoms with van der Waals surface area (Å²) in [5.74, 6) is 0.902. The van der Waals surface area contributed by atoms with Crippen molar-refractivity contribution in [2.24, 2.45) is 17.6 Å². The topological polar surface area (TPSA) is 108 Å². The highest BCUT2D eigenvalue weighted by Crippen LogP contribution is 2.43. The molecule has 1 saturated carbocycles. The first kappa shape index (κ1) is 14.3. The molecule has 4 rings (SSSR count). The lowest BCUT2D eigenvalue weighted by Crippen LogP contribution is -2.33. The van der Waals surface area contributed by atoms with Gasteiger partial charge < -0.3 is 20.1 Å². The zero-order chi connectivity index (χ0) is 16.1. The van der Waals surface area contributed by atoms with Gasteiger partial charge in [-0.15, -0.1) is 0 Å². The fourth-order valence-electron chi connectivity index (χ4n) is 3.91. The van der Waals surface area contributed by atoms with Crippen molar-refractivity contribution in [2.75, 3.05) is 19.9 Å². The molecule has 3 atom stereocenters. The number of carbonyl (C=O) groups is 1. The first-order valence-corrected chi connectivity index (χ1v) is 7.67. The number of benzene rings is 1. The minimum Gasteiger partial charge on any atom is -0.453 e. The van der Waals surface area contributed by atoms with Crippen molar-refractivity contribution in [3.8, 4) is 11.5 Å². The van der Waals surface area contributed by atoms with E-state index in [0.717, 1.165) is 12.8 Å². The molecule has 1 aromatic carbocycles. The molecule has 8 heteroatoms. The van der Waals surface area contributed by atoms with Crippen LogP contribution in [0.1, 0.15) is 23.2 Å². The van der Waals surface area contributed by atoms with E-state index in [-0.39, 0.29) is 41.5 Å². The SMILES string of the molecule is NC1CCC2CN(C(=O)c3cc4c(c([N+](=O)[O-])c3)OCO4)CC12. The number of hydrogen-bond acceptors (Lipinski definition) is 6. The molecule has 2 N–H and O–H groups in total. The average Bonchev–Trinajstić information content (AvgIpc) is 3.22. The Morgan fingerprint density at radius 2 is 2.13 bits per heavy atom. The summed E-state index contributed by atoms with van der Waals surface area (Å²) in [6.07, 6.45) is 2.05. The second-order valence-corrected chi connectivity index (χ2v) is 6.36. The maximum absolute atomic E-state index is 12.7. The third-order valence-corrected chi connectivity index (χ3v) is 5.10. The van der Waals surface area contributed by atoms with Gasteiger partial charge in [0.25, 0.3) is 5.91 Å². The van der Waals surface area contributed by atoms with Gasteiger partial charge in [-0.05, 0) is 30.7 Å². The first-order chi connectivity index (χ1) is 11.0. The minimum absolute atomic E-state index is 0.0729. The Bertz CT molecular complexity index is 692. The predicted molar refractivity (Wildman–Crippen MR) is 79.3 cm³/mol. The number of nitrogens with two attached hydrogens (primary N) is 1. The number of likely N-dealkylation sites (tertiary alicyclic amines) is 1. The van der Waals surface area contributed by atoms with E-state index in [9.17, 15) is 14.9 Å². The molecule has 0 radical (unpaired) electrons. The fourth-order valence-corrected chi connectivity index (χ4v) is 3.91. The lowest BCUT2D eigenvalue weighted by atomic mass is 9.98. The molecule has 23 heavy (non-hydrogen) atoms. The number of nitro benzene ring substituents is 1. The van der Waals surface area contributed by atoms with E-state index >= 15 is 0 Å². The van der Waals surface area contributed by atoms with E-state index in [1.165, 1.54) is 12.1 Å². The summed E-state index contributed by atoms with van der Waals surface area (Å²) in [5.41, 5.74) is 6.12. The molecule has 3 unspecified atom stereocenters. The van der Waals surface area contributed by atoms with Crippen molar-refractivity contribution in [3.05, 3.63) is 27.8 Å². The molecule has 1 aliphatic carbocycles. The van der Waals surface area contributed by atoms with Crippen LogP contribution in [-0.2, 0) is 0 Å². The minimum atomic E-state index is -0.557. The summed E-state index contributed by atoms with van der Waals surface area (Å²) in [4.78, 5) is 25.1. The highest BCUT2D eigenvalue weighted by molar-refractivity contribution is 5.96. The van der Waals surface area contributed by atoms with E-state index in [2.05, 4.69) is 0 Å². The maximum atomic E-state index is 12.7. The van der Waals surface area contributed by atoms with Crippen LogP contribution in [0.4, 0.5) is 5.69 Å². The monoisotopic (exact) mass is 319 g/mol. The van der Waals surface area contributed by atoms with Gasteiger partial charge in [0.15, 0.2) is 5.75 Å². The van der Waals surface area contributed by atoms with Gasteiger partial charge in [-0.1, -0.05) is 0 Å². The molecule has 2 aliphatic heterocycles. The lowest BCUT2D eigenvalue weighted by Gasteiger charge is -2.19. The van der Waals surface area contributed by atoms with Gasteiger partial charge in [0.2, 0.25) is 12.5 Å². The van der Waals surface area contributed by atoms with Crippen molar-refractivity contribution < 1.29 is 19.2 Å². The number of amides is 1. The van der Waals surface area contributed by atoms with Crippen LogP contribution in [0, 0.1) is 22.0 Å². The lowest BCUT2D eigenvalue weighted by molar-refractivity contribution is -0.385. The van der Waals surface area contributed by atoms with Crippen LogP contribution in [0.5, 0.6) is 11.5 Å². The summed E-state index contributed by atoms with van der Waals surface area (Å²) in [6, 6.07) is 2.93. The van der Waals surface area contributed by atoms with Crippen molar-refractivity contribution in [2.45, 2.75) is 18.9 Å². The second-order valence-electron chi connectivity index (χ2n) is 6.36. The average molecular weight is 319 g/mol. The van der Waals surface area contributed by atoms with Gasteiger partial charge in [0, 0.05) is 25.2 Å². The number of hydrogen-bond donors (Lipinski definition) is 1. The number of fused-ring (bicyclic) bond motifs is 2. The number of ether oxygens (including phenoxy) is 2. The van der Waals surface area contributed by atoms with Gasteiger partial charge >= 0.3 is 5.69 Å². The van der Waals surface area contributed by atoms with Crippen LogP contribution in [0.15, 0.2) is 12.1 Å². The van der Waals surface area contributed by atoms with Crippen LogP contribution in [0.2, 0.25) is 0 Å². The Balaban J connectivity index is 1.62. The van der Waals surface area contributed by atoms with Gasteiger partial charge in [0.1, 0.15) is 0 Å². The second kappa shape index (κ2) is 5.09. The quantitative estimate of drug-likeness (QED) is 0.647. The van der Waals surface area contributed by atoms with Crippen molar-refractivity contribution >= 4 is 11.6 Å². The van der Waals surface area contributed by atoms with Crippen LogP contribution in [0.3, 0.4) is 0 Å². The third-order valence-electron chi connectivity index (χ3n) is 5.10. The van der Waals surface area contributed by atoms with Gasteiger partial charge in [-0.3, -0.25) is 14.9 Å². The molecule has 0 aromatic heterocycles. The maximum Gasteiger partial charge on any atom is 0.315 e. The zero-order valence-corrected chi connectivity index (χ0v) is 12.4. The molecule has 8 nitrogen and oxygen atoms in total. The molecular formula is C15H17N3O5. The molecular weight excluding hydrogens is 302 g/mol. The number of rotatable bonds is 2. The van der Waals surface area contributed by atoms with Crippen molar-refractivity contribution in [3.63, 3.8) is 0 Å². The fraction of sp³-hybridized carbons (Fsp3) is 0.533. The van der Waals surface area contributed by atoms with Gasteiger partial charge in [0.05, 0.1) is 10.5 Å². The van der Waals surface area contributed by atoms with Crippen LogP contribution < -0.4 is 15.2 Å². The van der Waals surface area contributed by atoms with E-state index in [4.69, 9.17) is 15.2 Å². The molecule has 122 valence electrons. The van der Waals surface area contributed by atoms with Crippen LogP contribution in [0.25, 0.3) is 0 Å². The Hall–Kier alpha value is -2.35. The molecule has 2 heterocycles.